The number of rotatable bonds is 4. The van der Waals surface area contributed by atoms with Gasteiger partial charge in [0.2, 0.25) is 0 Å². The van der Waals surface area contributed by atoms with E-state index >= 15 is 0 Å². The molecule has 0 atom stereocenters. The molecular formula is C22H19N3O3. The van der Waals surface area contributed by atoms with E-state index in [4.69, 9.17) is 14.8 Å². The number of hydrogen-bond acceptors (Lipinski definition) is 4. The monoisotopic (exact) mass is 373 g/mol. The van der Waals surface area contributed by atoms with E-state index in [1.165, 1.54) is 0 Å². The summed E-state index contributed by atoms with van der Waals surface area (Å²) in [6.07, 6.45) is -1.10. The minimum atomic E-state index is -1.10. The summed E-state index contributed by atoms with van der Waals surface area (Å²) in [7, 11) is 1.63. The van der Waals surface area contributed by atoms with Gasteiger partial charge < -0.3 is 15.2 Å². The van der Waals surface area contributed by atoms with E-state index in [9.17, 15) is 4.79 Å². The number of nitrogens with one attached hydrogen (secondary N) is 2. The molecule has 1 aromatic heterocycles. The third-order valence-corrected chi connectivity index (χ3v) is 4.64. The van der Waals surface area contributed by atoms with Gasteiger partial charge in [0, 0.05) is 22.1 Å². The number of aryl methyl sites for hydroxylation is 1. The fraction of sp³-hybridized carbons (Fsp3) is 0.0909. The van der Waals surface area contributed by atoms with Gasteiger partial charge in [0.05, 0.1) is 18.3 Å². The maximum Gasteiger partial charge on any atom is 0.409 e. The number of carboxylic acid groups (broad SMARTS) is 1. The van der Waals surface area contributed by atoms with Gasteiger partial charge in [-0.3, -0.25) is 5.32 Å². The van der Waals surface area contributed by atoms with Crippen LogP contribution in [0.25, 0.3) is 21.8 Å². The first-order valence-corrected chi connectivity index (χ1v) is 8.80. The minimum Gasteiger partial charge on any atom is -0.494 e. The molecule has 1 heterocycles. The van der Waals surface area contributed by atoms with Crippen molar-refractivity contribution in [3.05, 3.63) is 66.2 Å². The summed E-state index contributed by atoms with van der Waals surface area (Å²) >= 11 is 0. The van der Waals surface area contributed by atoms with Crippen LogP contribution in [-0.4, -0.2) is 23.3 Å². The molecule has 0 radical (unpaired) electrons. The van der Waals surface area contributed by atoms with Crippen molar-refractivity contribution in [2.24, 2.45) is 0 Å². The Balaban J connectivity index is 1.94. The fourth-order valence-electron chi connectivity index (χ4n) is 3.28. The topological polar surface area (TPSA) is 83.5 Å². The second-order valence-electron chi connectivity index (χ2n) is 6.45. The van der Waals surface area contributed by atoms with Crippen LogP contribution in [0.2, 0.25) is 0 Å². The molecule has 1 amide bonds. The molecule has 3 N–H and O–H groups in total. The van der Waals surface area contributed by atoms with E-state index in [1.54, 1.807) is 19.2 Å². The van der Waals surface area contributed by atoms with Crippen molar-refractivity contribution in [1.82, 2.24) is 4.98 Å². The Kier molecular flexibility index (Phi) is 4.45. The summed E-state index contributed by atoms with van der Waals surface area (Å²) in [4.78, 5) is 15.8. The molecule has 0 bridgehead atoms. The molecule has 28 heavy (non-hydrogen) atoms. The van der Waals surface area contributed by atoms with Gasteiger partial charge >= 0.3 is 6.09 Å². The minimum absolute atomic E-state index is 0.501. The Morgan fingerprint density at radius 1 is 1.04 bits per heavy atom. The predicted molar refractivity (Wildman–Crippen MR) is 112 cm³/mol. The van der Waals surface area contributed by atoms with Crippen molar-refractivity contribution in [2.45, 2.75) is 6.92 Å². The lowest BCUT2D eigenvalue weighted by Crippen LogP contribution is -2.07. The first-order valence-electron chi connectivity index (χ1n) is 8.80. The average molecular weight is 373 g/mol. The maximum absolute atomic E-state index is 11.0. The van der Waals surface area contributed by atoms with Gasteiger partial charge in [0.1, 0.15) is 11.3 Å². The van der Waals surface area contributed by atoms with Crippen LogP contribution in [0.15, 0.2) is 60.7 Å². The molecule has 0 saturated carbocycles. The average Bonchev–Trinajstić information content (AvgIpc) is 2.69. The number of benzene rings is 3. The molecule has 0 fully saturated rings. The predicted octanol–water partition coefficient (Wildman–Crippen LogP) is 5.54. The zero-order valence-electron chi connectivity index (χ0n) is 15.5. The van der Waals surface area contributed by atoms with Gasteiger partial charge in [0.25, 0.3) is 0 Å². The van der Waals surface area contributed by atoms with Crippen LogP contribution >= 0.6 is 0 Å². The Labute approximate surface area is 161 Å². The number of ether oxygens (including phenoxy) is 1. The highest BCUT2D eigenvalue weighted by atomic mass is 16.5. The van der Waals surface area contributed by atoms with Crippen molar-refractivity contribution in [2.75, 3.05) is 17.7 Å². The summed E-state index contributed by atoms with van der Waals surface area (Å²) < 4.78 is 5.50. The molecule has 0 aliphatic rings. The number of carbonyl (C=O) groups is 1. The van der Waals surface area contributed by atoms with Crippen molar-refractivity contribution in [3.63, 3.8) is 0 Å². The van der Waals surface area contributed by atoms with Crippen molar-refractivity contribution >= 4 is 45.0 Å². The van der Waals surface area contributed by atoms with Gasteiger partial charge in [-0.15, -0.1) is 0 Å². The zero-order valence-corrected chi connectivity index (χ0v) is 15.5. The lowest BCUT2D eigenvalue weighted by atomic mass is 10.1. The van der Waals surface area contributed by atoms with Crippen LogP contribution in [0, 0.1) is 6.92 Å². The van der Waals surface area contributed by atoms with Gasteiger partial charge in [-0.05, 0) is 36.8 Å². The van der Waals surface area contributed by atoms with Gasteiger partial charge in [0.15, 0.2) is 0 Å². The zero-order chi connectivity index (χ0) is 19.7. The number of para-hydroxylation sites is 2. The third kappa shape index (κ3) is 3.16. The second-order valence-corrected chi connectivity index (χ2v) is 6.45. The normalized spacial score (nSPS) is 10.8. The van der Waals surface area contributed by atoms with Crippen molar-refractivity contribution in [3.8, 4) is 5.75 Å². The maximum atomic E-state index is 11.0. The first kappa shape index (κ1) is 17.6. The molecule has 0 unspecified atom stereocenters. The van der Waals surface area contributed by atoms with Crippen LogP contribution in [0.1, 0.15) is 5.56 Å². The van der Waals surface area contributed by atoms with Gasteiger partial charge in [-0.25, -0.2) is 9.78 Å². The molecule has 6 nitrogen and oxygen atoms in total. The van der Waals surface area contributed by atoms with Crippen LogP contribution in [-0.2, 0) is 0 Å². The number of aromatic nitrogens is 1. The van der Waals surface area contributed by atoms with Crippen LogP contribution in [0.3, 0.4) is 0 Å². The summed E-state index contributed by atoms with van der Waals surface area (Å²) in [5, 5.41) is 16.8. The molecule has 4 aromatic rings. The van der Waals surface area contributed by atoms with Gasteiger partial charge in [-0.1, -0.05) is 36.4 Å². The summed E-state index contributed by atoms with van der Waals surface area (Å²) in [6, 6.07) is 19.1. The SMILES string of the molecule is COc1cccc2c(Nc3cc(NC(=O)O)ccc3C)c3ccccc3nc12. The van der Waals surface area contributed by atoms with E-state index in [-0.39, 0.29) is 0 Å². The van der Waals surface area contributed by atoms with Crippen LogP contribution in [0.4, 0.5) is 21.9 Å². The quantitative estimate of drug-likeness (QED) is 0.409. The molecule has 6 heteroatoms. The second kappa shape index (κ2) is 7.08. The van der Waals surface area contributed by atoms with Crippen molar-refractivity contribution < 1.29 is 14.6 Å². The fourth-order valence-corrected chi connectivity index (χ4v) is 3.28. The van der Waals surface area contributed by atoms with E-state index in [2.05, 4.69) is 10.6 Å². The molecule has 0 aliphatic carbocycles. The molecule has 0 spiro atoms. The first-order chi connectivity index (χ1) is 13.6. The summed E-state index contributed by atoms with van der Waals surface area (Å²) in [5.41, 5.74) is 4.82. The molecular weight excluding hydrogens is 354 g/mol. The highest BCUT2D eigenvalue weighted by Crippen LogP contribution is 2.37. The number of amides is 1. The number of hydrogen-bond donors (Lipinski definition) is 3. The Morgan fingerprint density at radius 3 is 2.61 bits per heavy atom. The lowest BCUT2D eigenvalue weighted by Gasteiger charge is -2.17. The number of methoxy groups -OCH3 is 1. The van der Waals surface area contributed by atoms with E-state index in [1.807, 2.05) is 55.5 Å². The number of fused-ring (bicyclic) bond motifs is 2. The number of anilines is 3. The molecule has 0 aliphatic heterocycles. The van der Waals surface area contributed by atoms with E-state index in [0.29, 0.717) is 11.4 Å². The summed E-state index contributed by atoms with van der Waals surface area (Å²) in [5.74, 6) is 0.698. The molecule has 140 valence electrons. The van der Waals surface area contributed by atoms with Crippen LogP contribution in [0.5, 0.6) is 5.75 Å². The Hall–Kier alpha value is -3.80. The van der Waals surface area contributed by atoms with E-state index in [0.717, 1.165) is 38.7 Å². The summed E-state index contributed by atoms with van der Waals surface area (Å²) in [6.45, 7) is 1.97. The highest BCUT2D eigenvalue weighted by Gasteiger charge is 2.13. The highest BCUT2D eigenvalue weighted by molar-refractivity contribution is 6.10. The molecule has 0 saturated heterocycles. The third-order valence-electron chi connectivity index (χ3n) is 4.64. The van der Waals surface area contributed by atoms with E-state index < -0.39 is 6.09 Å². The largest absolute Gasteiger partial charge is 0.494 e. The van der Waals surface area contributed by atoms with Gasteiger partial charge in [-0.2, -0.15) is 0 Å². The number of nitrogens with zero attached hydrogens (tertiary/aromatic N) is 1. The van der Waals surface area contributed by atoms with Crippen molar-refractivity contribution in [1.29, 1.82) is 0 Å². The Morgan fingerprint density at radius 2 is 1.82 bits per heavy atom. The molecule has 4 rings (SSSR count). The Bertz CT molecular complexity index is 1200. The molecule has 3 aromatic carbocycles. The smallest absolute Gasteiger partial charge is 0.409 e. The lowest BCUT2D eigenvalue weighted by molar-refractivity contribution is 0.210. The number of pyridine rings is 1. The standard InChI is InChI=1S/C22H19N3O3/c1-13-10-11-14(23-22(26)27)12-18(13)25-20-15-6-3-4-8-17(15)24-21-16(20)7-5-9-19(21)28-2/h3-12,23H,1-2H3,(H,24,25)(H,26,27). The van der Waals surface area contributed by atoms with Crippen LogP contribution < -0.4 is 15.4 Å².